The van der Waals surface area contributed by atoms with Crippen molar-refractivity contribution in [1.82, 2.24) is 0 Å². The first kappa shape index (κ1) is 14.5. The van der Waals surface area contributed by atoms with Gasteiger partial charge in [0.25, 0.3) is 0 Å². The number of hydrogen-bond acceptors (Lipinski definition) is 3. The van der Waals surface area contributed by atoms with Crippen LogP contribution in [-0.4, -0.2) is 17.7 Å². The monoisotopic (exact) mass is 251 g/mol. The van der Waals surface area contributed by atoms with E-state index in [1.54, 1.807) is 13.8 Å². The van der Waals surface area contributed by atoms with Crippen molar-refractivity contribution >= 4 is 5.97 Å². The number of hydrogen-bond donors (Lipinski definition) is 2. The molecule has 18 heavy (non-hydrogen) atoms. The van der Waals surface area contributed by atoms with Crippen LogP contribution in [-0.2, 0) is 4.79 Å². The molecule has 0 bridgehead atoms. The summed E-state index contributed by atoms with van der Waals surface area (Å²) in [6, 6.07) is 7.41. The Balaban J connectivity index is 2.82. The highest BCUT2D eigenvalue weighted by Crippen LogP contribution is 2.27. The Kier molecular flexibility index (Phi) is 4.73. The quantitative estimate of drug-likeness (QED) is 0.815. The van der Waals surface area contributed by atoms with E-state index in [2.05, 4.69) is 0 Å². The molecule has 0 amide bonds. The zero-order chi connectivity index (χ0) is 13.8. The molecular weight excluding hydrogens is 230 g/mol. The summed E-state index contributed by atoms with van der Waals surface area (Å²) in [5.74, 6) is -0.207. The number of ether oxygens (including phenoxy) is 1. The second kappa shape index (κ2) is 5.87. The summed E-state index contributed by atoms with van der Waals surface area (Å²) in [7, 11) is 0. The number of carboxylic acids is 1. The minimum atomic E-state index is -0.913. The van der Waals surface area contributed by atoms with Crippen molar-refractivity contribution < 1.29 is 14.6 Å². The maximum Gasteiger partial charge on any atom is 0.312 e. The number of para-hydroxylation sites is 1. The van der Waals surface area contributed by atoms with Crippen molar-refractivity contribution in [1.29, 1.82) is 0 Å². The molecule has 0 aromatic heterocycles. The summed E-state index contributed by atoms with van der Waals surface area (Å²) in [5.41, 5.74) is 6.00. The molecule has 0 saturated carbocycles. The van der Waals surface area contributed by atoms with Crippen LogP contribution in [0.15, 0.2) is 24.3 Å². The van der Waals surface area contributed by atoms with E-state index in [4.69, 9.17) is 15.6 Å². The maximum absolute atomic E-state index is 11.0. The van der Waals surface area contributed by atoms with Crippen LogP contribution in [0.4, 0.5) is 0 Å². The lowest BCUT2D eigenvalue weighted by atomic mass is 9.95. The van der Waals surface area contributed by atoms with Crippen molar-refractivity contribution in [2.45, 2.75) is 33.2 Å². The third kappa shape index (κ3) is 3.47. The first-order valence-corrected chi connectivity index (χ1v) is 6.09. The smallest absolute Gasteiger partial charge is 0.312 e. The van der Waals surface area contributed by atoms with Gasteiger partial charge in [0.15, 0.2) is 0 Å². The van der Waals surface area contributed by atoms with E-state index in [0.717, 1.165) is 12.0 Å². The van der Waals surface area contributed by atoms with Crippen LogP contribution in [0.25, 0.3) is 0 Å². The van der Waals surface area contributed by atoms with Gasteiger partial charge >= 0.3 is 5.97 Å². The lowest BCUT2D eigenvalue weighted by molar-refractivity contribution is -0.148. The van der Waals surface area contributed by atoms with Gasteiger partial charge < -0.3 is 15.6 Å². The number of benzene rings is 1. The Morgan fingerprint density at radius 3 is 2.61 bits per heavy atom. The van der Waals surface area contributed by atoms with Crippen LogP contribution in [0.3, 0.4) is 0 Å². The normalized spacial score (nSPS) is 13.1. The molecule has 0 saturated heterocycles. The first-order chi connectivity index (χ1) is 8.38. The highest BCUT2D eigenvalue weighted by molar-refractivity contribution is 5.73. The van der Waals surface area contributed by atoms with Gasteiger partial charge in [-0.3, -0.25) is 4.79 Å². The first-order valence-electron chi connectivity index (χ1n) is 6.09. The Morgan fingerprint density at radius 1 is 1.44 bits per heavy atom. The molecule has 1 aromatic rings. The topological polar surface area (TPSA) is 72.5 Å². The average Bonchev–Trinajstić information content (AvgIpc) is 2.35. The molecule has 3 N–H and O–H groups in total. The largest absolute Gasteiger partial charge is 0.492 e. The van der Waals surface area contributed by atoms with Crippen LogP contribution in [0.1, 0.15) is 38.8 Å². The fourth-order valence-corrected chi connectivity index (χ4v) is 1.46. The molecule has 1 aromatic carbocycles. The Hall–Kier alpha value is -1.55. The molecule has 0 fully saturated rings. The Bertz CT molecular complexity index is 415. The van der Waals surface area contributed by atoms with E-state index in [1.807, 2.05) is 31.2 Å². The summed E-state index contributed by atoms with van der Waals surface area (Å²) in [4.78, 5) is 11.0. The zero-order valence-electron chi connectivity index (χ0n) is 11.1. The molecule has 0 aliphatic rings. The summed E-state index contributed by atoms with van der Waals surface area (Å²) in [6.07, 6.45) is 0.808. The highest BCUT2D eigenvalue weighted by atomic mass is 16.5. The van der Waals surface area contributed by atoms with Crippen molar-refractivity contribution in [3.05, 3.63) is 29.8 Å². The van der Waals surface area contributed by atoms with Crippen molar-refractivity contribution in [3.8, 4) is 5.75 Å². The van der Waals surface area contributed by atoms with E-state index in [0.29, 0.717) is 5.75 Å². The summed E-state index contributed by atoms with van der Waals surface area (Å²) in [6.45, 7) is 5.40. The molecule has 4 heteroatoms. The van der Waals surface area contributed by atoms with E-state index in [9.17, 15) is 4.79 Å². The summed E-state index contributed by atoms with van der Waals surface area (Å²) >= 11 is 0. The summed E-state index contributed by atoms with van der Waals surface area (Å²) < 4.78 is 5.63. The molecule has 0 aliphatic carbocycles. The Labute approximate surface area is 108 Å². The maximum atomic E-state index is 11.0. The molecule has 0 unspecified atom stereocenters. The molecule has 0 radical (unpaired) electrons. The van der Waals surface area contributed by atoms with Gasteiger partial charge in [-0.1, -0.05) is 25.1 Å². The lowest BCUT2D eigenvalue weighted by Gasteiger charge is -2.22. The van der Waals surface area contributed by atoms with E-state index in [-0.39, 0.29) is 12.6 Å². The second-order valence-corrected chi connectivity index (χ2v) is 5.03. The van der Waals surface area contributed by atoms with Crippen LogP contribution in [0, 0.1) is 5.41 Å². The Morgan fingerprint density at radius 2 is 2.06 bits per heavy atom. The van der Waals surface area contributed by atoms with Crippen LogP contribution in [0.5, 0.6) is 5.75 Å². The molecular formula is C14H21NO3. The van der Waals surface area contributed by atoms with Gasteiger partial charge in [-0.15, -0.1) is 0 Å². The molecule has 0 heterocycles. The zero-order valence-corrected chi connectivity index (χ0v) is 11.1. The number of rotatable bonds is 6. The molecule has 100 valence electrons. The van der Waals surface area contributed by atoms with Gasteiger partial charge in [0.05, 0.1) is 5.41 Å². The summed E-state index contributed by atoms with van der Waals surface area (Å²) in [5, 5.41) is 9.04. The van der Waals surface area contributed by atoms with Crippen molar-refractivity contribution in [2.24, 2.45) is 11.1 Å². The van der Waals surface area contributed by atoms with Crippen molar-refractivity contribution in [2.75, 3.05) is 6.61 Å². The second-order valence-electron chi connectivity index (χ2n) is 5.03. The highest BCUT2D eigenvalue weighted by Gasteiger charge is 2.28. The molecule has 0 aliphatic heterocycles. The van der Waals surface area contributed by atoms with Gasteiger partial charge in [-0.05, 0) is 26.3 Å². The van der Waals surface area contributed by atoms with E-state index in [1.165, 1.54) is 0 Å². The predicted octanol–water partition coefficient (Wildman–Crippen LogP) is 2.59. The molecule has 0 spiro atoms. The van der Waals surface area contributed by atoms with Gasteiger partial charge in [0.2, 0.25) is 0 Å². The third-order valence-corrected chi connectivity index (χ3v) is 2.93. The molecule has 1 atom stereocenters. The predicted molar refractivity (Wildman–Crippen MR) is 70.6 cm³/mol. The fourth-order valence-electron chi connectivity index (χ4n) is 1.46. The number of aliphatic carboxylic acids is 1. The van der Waals surface area contributed by atoms with Gasteiger partial charge in [0.1, 0.15) is 12.4 Å². The standard InChI is InChI=1S/C14H21NO3/c1-4-11(15)10-7-5-6-8-12(10)18-9-14(2,3)13(16)17/h5-8,11H,4,9,15H2,1-3H3,(H,16,17)/t11-/m1/s1. The average molecular weight is 251 g/mol. The van der Waals surface area contributed by atoms with Crippen LogP contribution in [0.2, 0.25) is 0 Å². The van der Waals surface area contributed by atoms with Crippen LogP contribution < -0.4 is 10.5 Å². The SMILES string of the molecule is CC[C@@H](N)c1ccccc1OCC(C)(C)C(=O)O. The van der Waals surface area contributed by atoms with E-state index < -0.39 is 11.4 Å². The minimum absolute atomic E-state index is 0.0888. The van der Waals surface area contributed by atoms with Crippen LogP contribution >= 0.6 is 0 Å². The number of nitrogens with two attached hydrogens (primary N) is 1. The molecule has 4 nitrogen and oxygen atoms in total. The molecule has 1 rings (SSSR count). The third-order valence-electron chi connectivity index (χ3n) is 2.93. The lowest BCUT2D eigenvalue weighted by Crippen LogP contribution is -2.31. The van der Waals surface area contributed by atoms with Gasteiger partial charge in [-0.2, -0.15) is 0 Å². The van der Waals surface area contributed by atoms with Gasteiger partial charge in [-0.25, -0.2) is 0 Å². The van der Waals surface area contributed by atoms with E-state index >= 15 is 0 Å². The van der Waals surface area contributed by atoms with Crippen molar-refractivity contribution in [3.63, 3.8) is 0 Å². The van der Waals surface area contributed by atoms with Gasteiger partial charge in [0, 0.05) is 11.6 Å². The number of carbonyl (C=O) groups is 1. The minimum Gasteiger partial charge on any atom is -0.492 e. The fraction of sp³-hybridized carbons (Fsp3) is 0.500. The number of carboxylic acid groups (broad SMARTS) is 1.